The number of hydrogen-bond donors (Lipinski definition) is 2. The summed E-state index contributed by atoms with van der Waals surface area (Å²) in [5.74, 6) is 0. The zero-order valence-electron chi connectivity index (χ0n) is 5.50. The molecule has 1 saturated heterocycles. The van der Waals surface area contributed by atoms with Crippen molar-refractivity contribution < 1.29 is 14.9 Å². The van der Waals surface area contributed by atoms with Gasteiger partial charge in [-0.2, -0.15) is 0 Å². The van der Waals surface area contributed by atoms with Crippen LogP contribution in [0.15, 0.2) is 0 Å². The van der Waals surface area contributed by atoms with Crippen LogP contribution in [0.1, 0.15) is 13.3 Å². The molecule has 0 amide bonds. The maximum atomic E-state index is 9.27. The third-order valence-electron chi connectivity index (χ3n) is 1.65. The summed E-state index contributed by atoms with van der Waals surface area (Å²) in [7, 11) is 0. The van der Waals surface area contributed by atoms with Crippen molar-refractivity contribution in [3.63, 3.8) is 0 Å². The minimum Gasteiger partial charge on any atom is -0.390 e. The number of ether oxygens (including phenoxy) is 1. The monoisotopic (exact) mass is 132 g/mol. The Morgan fingerprint density at radius 2 is 2.33 bits per heavy atom. The van der Waals surface area contributed by atoms with Gasteiger partial charge in [-0.15, -0.1) is 0 Å². The van der Waals surface area contributed by atoms with Gasteiger partial charge < -0.3 is 14.9 Å². The number of hydrogen-bond acceptors (Lipinski definition) is 3. The lowest BCUT2D eigenvalue weighted by Gasteiger charge is -2.32. The zero-order valence-corrected chi connectivity index (χ0v) is 5.50. The van der Waals surface area contributed by atoms with E-state index in [0.717, 1.165) is 0 Å². The smallest absolute Gasteiger partial charge is 0.111 e. The fourth-order valence-corrected chi connectivity index (χ4v) is 0.881. The molecule has 0 radical (unpaired) electrons. The van der Waals surface area contributed by atoms with Crippen molar-refractivity contribution in [3.8, 4) is 0 Å². The van der Waals surface area contributed by atoms with Crippen molar-refractivity contribution in [3.05, 3.63) is 0 Å². The van der Waals surface area contributed by atoms with Crippen LogP contribution >= 0.6 is 0 Å². The SMILES string of the molecule is CC1(O)COCCC1O. The highest BCUT2D eigenvalue weighted by atomic mass is 16.5. The van der Waals surface area contributed by atoms with Crippen LogP contribution in [0, 0.1) is 0 Å². The molecule has 2 unspecified atom stereocenters. The third-order valence-corrected chi connectivity index (χ3v) is 1.65. The van der Waals surface area contributed by atoms with E-state index in [1.165, 1.54) is 0 Å². The van der Waals surface area contributed by atoms with Crippen LogP contribution in [-0.2, 0) is 4.74 Å². The van der Waals surface area contributed by atoms with E-state index in [-0.39, 0.29) is 6.61 Å². The van der Waals surface area contributed by atoms with E-state index >= 15 is 0 Å². The topological polar surface area (TPSA) is 49.7 Å². The minimum absolute atomic E-state index is 0.244. The van der Waals surface area contributed by atoms with Crippen LogP contribution in [-0.4, -0.2) is 35.1 Å². The first-order chi connectivity index (χ1) is 4.13. The van der Waals surface area contributed by atoms with Gasteiger partial charge in [0.25, 0.3) is 0 Å². The third kappa shape index (κ3) is 1.41. The van der Waals surface area contributed by atoms with Crippen molar-refractivity contribution in [1.82, 2.24) is 0 Å². The second-order valence-electron chi connectivity index (χ2n) is 2.71. The fraction of sp³-hybridized carbons (Fsp3) is 1.00. The molecule has 54 valence electrons. The van der Waals surface area contributed by atoms with E-state index in [0.29, 0.717) is 13.0 Å². The average molecular weight is 132 g/mol. The van der Waals surface area contributed by atoms with Crippen molar-refractivity contribution in [2.75, 3.05) is 13.2 Å². The van der Waals surface area contributed by atoms with Crippen LogP contribution in [0.25, 0.3) is 0 Å². The lowest BCUT2D eigenvalue weighted by atomic mass is 9.96. The highest BCUT2D eigenvalue weighted by Gasteiger charge is 2.33. The van der Waals surface area contributed by atoms with Crippen molar-refractivity contribution in [1.29, 1.82) is 0 Å². The van der Waals surface area contributed by atoms with Crippen LogP contribution in [0.5, 0.6) is 0 Å². The summed E-state index contributed by atoms with van der Waals surface area (Å²) in [5, 5.41) is 18.4. The number of aliphatic hydroxyl groups is 2. The molecular weight excluding hydrogens is 120 g/mol. The summed E-state index contributed by atoms with van der Waals surface area (Å²) < 4.78 is 4.95. The highest BCUT2D eigenvalue weighted by molar-refractivity contribution is 4.84. The highest BCUT2D eigenvalue weighted by Crippen LogP contribution is 2.17. The van der Waals surface area contributed by atoms with Gasteiger partial charge >= 0.3 is 0 Å². The Labute approximate surface area is 54.3 Å². The predicted octanol–water partition coefficient (Wildman–Crippen LogP) is -0.481. The second-order valence-corrected chi connectivity index (χ2v) is 2.71. The largest absolute Gasteiger partial charge is 0.390 e. The number of aliphatic hydroxyl groups excluding tert-OH is 1. The minimum atomic E-state index is -1.03. The molecule has 0 aromatic rings. The van der Waals surface area contributed by atoms with E-state index in [1.54, 1.807) is 6.92 Å². The van der Waals surface area contributed by atoms with Gasteiger partial charge in [-0.3, -0.25) is 0 Å². The fourth-order valence-electron chi connectivity index (χ4n) is 0.881. The molecule has 1 rings (SSSR count). The normalized spacial score (nSPS) is 45.0. The molecule has 3 heteroatoms. The van der Waals surface area contributed by atoms with Gasteiger partial charge in [0.05, 0.1) is 12.7 Å². The molecule has 1 aliphatic rings. The molecule has 0 aliphatic carbocycles. The maximum Gasteiger partial charge on any atom is 0.111 e. The van der Waals surface area contributed by atoms with Crippen molar-refractivity contribution in [2.24, 2.45) is 0 Å². The molecule has 9 heavy (non-hydrogen) atoms. The summed E-state index contributed by atoms with van der Waals surface area (Å²) in [6.07, 6.45) is -0.0845. The summed E-state index contributed by atoms with van der Waals surface area (Å²) in [4.78, 5) is 0. The zero-order chi connectivity index (χ0) is 6.91. The molecule has 1 fully saturated rings. The molecule has 0 aromatic carbocycles. The Morgan fingerprint density at radius 3 is 2.67 bits per heavy atom. The standard InChI is InChI=1S/C6H12O3/c1-6(8)4-9-3-2-5(6)7/h5,7-8H,2-4H2,1H3. The first kappa shape index (κ1) is 6.99. The predicted molar refractivity (Wildman–Crippen MR) is 32.1 cm³/mol. The molecular formula is C6H12O3. The van der Waals surface area contributed by atoms with Gasteiger partial charge in [-0.25, -0.2) is 0 Å². The van der Waals surface area contributed by atoms with Crippen LogP contribution < -0.4 is 0 Å². The van der Waals surface area contributed by atoms with E-state index in [1.807, 2.05) is 0 Å². The lowest BCUT2D eigenvalue weighted by Crippen LogP contribution is -2.47. The van der Waals surface area contributed by atoms with Crippen LogP contribution in [0.3, 0.4) is 0 Å². The first-order valence-electron chi connectivity index (χ1n) is 3.11. The molecule has 2 N–H and O–H groups in total. The second kappa shape index (κ2) is 2.25. The molecule has 3 nitrogen and oxygen atoms in total. The Balaban J connectivity index is 2.49. The Hall–Kier alpha value is -0.120. The van der Waals surface area contributed by atoms with Crippen LogP contribution in [0.2, 0.25) is 0 Å². The van der Waals surface area contributed by atoms with Gasteiger partial charge in [0.15, 0.2) is 0 Å². The van der Waals surface area contributed by atoms with Crippen molar-refractivity contribution >= 4 is 0 Å². The Bertz CT molecular complexity index is 100. The molecule has 1 aliphatic heterocycles. The van der Waals surface area contributed by atoms with Crippen molar-refractivity contribution in [2.45, 2.75) is 25.0 Å². The average Bonchev–Trinajstić information content (AvgIpc) is 1.77. The molecule has 1 heterocycles. The van der Waals surface area contributed by atoms with Gasteiger partial charge in [0.2, 0.25) is 0 Å². The first-order valence-corrected chi connectivity index (χ1v) is 3.11. The molecule has 2 atom stereocenters. The van der Waals surface area contributed by atoms with Crippen LogP contribution in [0.4, 0.5) is 0 Å². The Morgan fingerprint density at radius 1 is 1.67 bits per heavy atom. The summed E-state index contributed by atoms with van der Waals surface area (Å²) in [6, 6.07) is 0. The Kier molecular flexibility index (Phi) is 1.75. The van der Waals surface area contributed by atoms with E-state index in [2.05, 4.69) is 0 Å². The van der Waals surface area contributed by atoms with E-state index < -0.39 is 11.7 Å². The molecule has 0 saturated carbocycles. The molecule has 0 aromatic heterocycles. The van der Waals surface area contributed by atoms with Gasteiger partial charge in [0.1, 0.15) is 5.60 Å². The van der Waals surface area contributed by atoms with Gasteiger partial charge in [-0.05, 0) is 13.3 Å². The lowest BCUT2D eigenvalue weighted by molar-refractivity contribution is -0.148. The number of rotatable bonds is 0. The summed E-state index contributed by atoms with van der Waals surface area (Å²) in [5.41, 5.74) is -1.03. The van der Waals surface area contributed by atoms with E-state index in [9.17, 15) is 5.11 Å². The molecule has 0 bridgehead atoms. The van der Waals surface area contributed by atoms with Gasteiger partial charge in [0, 0.05) is 6.61 Å². The maximum absolute atomic E-state index is 9.27. The summed E-state index contributed by atoms with van der Waals surface area (Å²) in [6.45, 7) is 2.38. The van der Waals surface area contributed by atoms with E-state index in [4.69, 9.17) is 9.84 Å². The quantitative estimate of drug-likeness (QED) is 0.468. The van der Waals surface area contributed by atoms with Gasteiger partial charge in [-0.1, -0.05) is 0 Å². The molecule has 0 spiro atoms. The summed E-state index contributed by atoms with van der Waals surface area (Å²) >= 11 is 0.